The molecule has 4 nitrogen and oxygen atoms in total. The van der Waals surface area contributed by atoms with Crippen molar-refractivity contribution in [1.82, 2.24) is 4.90 Å². The highest BCUT2D eigenvalue weighted by Gasteiger charge is 2.11. The van der Waals surface area contributed by atoms with E-state index < -0.39 is 0 Å². The van der Waals surface area contributed by atoms with Crippen LogP contribution in [0.5, 0.6) is 0 Å². The molecule has 0 bridgehead atoms. The molecule has 4 heteroatoms. The molecule has 0 amide bonds. The minimum absolute atomic E-state index is 0.165. The molecule has 1 saturated heterocycles. The fraction of sp³-hybridized carbons (Fsp3) is 0.900. The molecule has 1 rings (SSSR count). The maximum Gasteiger partial charge on any atom is 0.149 e. The minimum Gasteiger partial charge on any atom is -0.379 e. The van der Waals surface area contributed by atoms with Gasteiger partial charge >= 0.3 is 0 Å². The van der Waals surface area contributed by atoms with Gasteiger partial charge in [-0.05, 0) is 19.9 Å². The number of carbonyl (C=O) groups excluding carboxylic acids is 1. The molecule has 1 atom stereocenters. The van der Waals surface area contributed by atoms with Crippen molar-refractivity contribution in [2.45, 2.75) is 25.8 Å². The van der Waals surface area contributed by atoms with Gasteiger partial charge in [-0.1, -0.05) is 0 Å². The Bertz CT molecular complexity index is 177. The maximum atomic E-state index is 11.2. The molecule has 0 aromatic carbocycles. The Kier molecular flexibility index (Phi) is 5.07. The first kappa shape index (κ1) is 11.6. The average molecular weight is 200 g/mol. The zero-order chi connectivity index (χ0) is 10.4. The second-order valence-electron chi connectivity index (χ2n) is 3.81. The SMILES string of the molecule is C[C@H](N)C(=O)CCCN1CCOCC1. The number of hydrogen-bond acceptors (Lipinski definition) is 4. The summed E-state index contributed by atoms with van der Waals surface area (Å²) in [4.78, 5) is 13.5. The summed E-state index contributed by atoms with van der Waals surface area (Å²) in [6.07, 6.45) is 1.52. The third-order valence-corrected chi connectivity index (χ3v) is 2.51. The topological polar surface area (TPSA) is 55.6 Å². The van der Waals surface area contributed by atoms with Crippen molar-refractivity contribution in [2.24, 2.45) is 5.73 Å². The summed E-state index contributed by atoms with van der Waals surface area (Å²) in [5, 5.41) is 0. The summed E-state index contributed by atoms with van der Waals surface area (Å²) in [6.45, 7) is 6.36. The van der Waals surface area contributed by atoms with Gasteiger partial charge in [0.25, 0.3) is 0 Å². The van der Waals surface area contributed by atoms with E-state index in [-0.39, 0.29) is 11.8 Å². The first-order valence-corrected chi connectivity index (χ1v) is 5.28. The van der Waals surface area contributed by atoms with Gasteiger partial charge in [0.1, 0.15) is 5.78 Å². The molecule has 82 valence electrons. The Balaban J connectivity index is 2.05. The number of nitrogens with zero attached hydrogens (tertiary/aromatic N) is 1. The zero-order valence-corrected chi connectivity index (χ0v) is 8.87. The standard InChI is InChI=1S/C10H20N2O2/c1-9(11)10(13)3-2-4-12-5-7-14-8-6-12/h9H,2-8,11H2,1H3/t9-/m0/s1. The van der Waals surface area contributed by atoms with Crippen LogP contribution in [-0.4, -0.2) is 49.6 Å². The van der Waals surface area contributed by atoms with Crippen LogP contribution in [0.4, 0.5) is 0 Å². The van der Waals surface area contributed by atoms with Crippen molar-refractivity contribution in [3.8, 4) is 0 Å². The second-order valence-corrected chi connectivity index (χ2v) is 3.81. The lowest BCUT2D eigenvalue weighted by Gasteiger charge is -2.26. The smallest absolute Gasteiger partial charge is 0.149 e. The van der Waals surface area contributed by atoms with E-state index in [0.29, 0.717) is 6.42 Å². The van der Waals surface area contributed by atoms with Crippen LogP contribution in [0, 0.1) is 0 Å². The summed E-state index contributed by atoms with van der Waals surface area (Å²) >= 11 is 0. The molecule has 0 saturated carbocycles. The number of morpholine rings is 1. The molecule has 0 aliphatic carbocycles. The van der Waals surface area contributed by atoms with E-state index in [4.69, 9.17) is 10.5 Å². The van der Waals surface area contributed by atoms with Gasteiger partial charge in [-0.15, -0.1) is 0 Å². The lowest BCUT2D eigenvalue weighted by molar-refractivity contribution is -0.120. The van der Waals surface area contributed by atoms with Gasteiger partial charge in [0.2, 0.25) is 0 Å². The average Bonchev–Trinajstić information content (AvgIpc) is 2.19. The predicted octanol–water partition coefficient (Wildman–Crippen LogP) is 0.0151. The van der Waals surface area contributed by atoms with Crippen LogP contribution in [0.3, 0.4) is 0 Å². The van der Waals surface area contributed by atoms with Crippen LogP contribution in [0.25, 0.3) is 0 Å². The molecule has 2 N–H and O–H groups in total. The van der Waals surface area contributed by atoms with Crippen LogP contribution < -0.4 is 5.73 Å². The third-order valence-electron chi connectivity index (χ3n) is 2.51. The van der Waals surface area contributed by atoms with Crippen LogP contribution in [0.1, 0.15) is 19.8 Å². The predicted molar refractivity (Wildman–Crippen MR) is 55.1 cm³/mol. The first-order valence-electron chi connectivity index (χ1n) is 5.28. The summed E-state index contributed by atoms with van der Waals surface area (Å²) in [6, 6.07) is -0.306. The van der Waals surface area contributed by atoms with Crippen molar-refractivity contribution in [3.63, 3.8) is 0 Å². The molecule has 1 heterocycles. The van der Waals surface area contributed by atoms with Gasteiger partial charge in [-0.3, -0.25) is 9.69 Å². The first-order chi connectivity index (χ1) is 6.70. The van der Waals surface area contributed by atoms with E-state index in [9.17, 15) is 4.79 Å². The van der Waals surface area contributed by atoms with Gasteiger partial charge in [-0.2, -0.15) is 0 Å². The van der Waals surface area contributed by atoms with E-state index in [2.05, 4.69) is 4.90 Å². The Hall–Kier alpha value is -0.450. The lowest BCUT2D eigenvalue weighted by Crippen LogP contribution is -2.37. The van der Waals surface area contributed by atoms with Gasteiger partial charge in [0.05, 0.1) is 19.3 Å². The number of nitrogens with two attached hydrogens (primary N) is 1. The molecule has 0 unspecified atom stereocenters. The fourth-order valence-electron chi connectivity index (χ4n) is 1.53. The van der Waals surface area contributed by atoms with Gasteiger partial charge in [0, 0.05) is 19.5 Å². The Labute approximate surface area is 85.4 Å². The highest BCUT2D eigenvalue weighted by atomic mass is 16.5. The monoisotopic (exact) mass is 200 g/mol. The highest BCUT2D eigenvalue weighted by Crippen LogP contribution is 2.01. The van der Waals surface area contributed by atoms with E-state index >= 15 is 0 Å². The van der Waals surface area contributed by atoms with E-state index in [0.717, 1.165) is 39.3 Å². The maximum absolute atomic E-state index is 11.2. The third kappa shape index (κ3) is 4.17. The number of ether oxygens (including phenoxy) is 1. The Morgan fingerprint density at radius 1 is 1.50 bits per heavy atom. The molecule has 14 heavy (non-hydrogen) atoms. The summed E-state index contributed by atoms with van der Waals surface area (Å²) in [7, 11) is 0. The Morgan fingerprint density at radius 2 is 2.14 bits per heavy atom. The van der Waals surface area contributed by atoms with Crippen LogP contribution in [0.2, 0.25) is 0 Å². The minimum atomic E-state index is -0.306. The normalized spacial score (nSPS) is 20.7. The summed E-state index contributed by atoms with van der Waals surface area (Å²) < 4.78 is 5.24. The van der Waals surface area contributed by atoms with Gasteiger partial charge < -0.3 is 10.5 Å². The molecule has 0 spiro atoms. The van der Waals surface area contributed by atoms with Crippen LogP contribution in [0.15, 0.2) is 0 Å². The highest BCUT2D eigenvalue weighted by molar-refractivity contribution is 5.83. The largest absolute Gasteiger partial charge is 0.379 e. The van der Waals surface area contributed by atoms with E-state index in [1.165, 1.54) is 0 Å². The molecular formula is C10H20N2O2. The summed E-state index contributed by atoms with van der Waals surface area (Å²) in [5.74, 6) is 0.165. The number of Topliss-reactive ketones (excluding diaryl/α,β-unsaturated/α-hetero) is 1. The lowest BCUT2D eigenvalue weighted by atomic mass is 10.1. The second kappa shape index (κ2) is 6.11. The van der Waals surface area contributed by atoms with E-state index in [1.54, 1.807) is 6.92 Å². The van der Waals surface area contributed by atoms with E-state index in [1.807, 2.05) is 0 Å². The molecule has 0 aromatic rings. The molecule has 1 aliphatic heterocycles. The van der Waals surface area contributed by atoms with Crippen molar-refractivity contribution in [1.29, 1.82) is 0 Å². The molecular weight excluding hydrogens is 180 g/mol. The molecule has 1 fully saturated rings. The molecule has 0 aromatic heterocycles. The number of hydrogen-bond donors (Lipinski definition) is 1. The Morgan fingerprint density at radius 3 is 2.71 bits per heavy atom. The molecule has 0 radical (unpaired) electrons. The van der Waals surface area contributed by atoms with Crippen molar-refractivity contribution >= 4 is 5.78 Å². The number of ketones is 1. The number of carbonyl (C=O) groups is 1. The van der Waals surface area contributed by atoms with Gasteiger partial charge in [-0.25, -0.2) is 0 Å². The fourth-order valence-corrected chi connectivity index (χ4v) is 1.53. The molecule has 1 aliphatic rings. The number of rotatable bonds is 5. The van der Waals surface area contributed by atoms with Crippen molar-refractivity contribution < 1.29 is 9.53 Å². The van der Waals surface area contributed by atoms with Crippen molar-refractivity contribution in [2.75, 3.05) is 32.8 Å². The van der Waals surface area contributed by atoms with Crippen molar-refractivity contribution in [3.05, 3.63) is 0 Å². The summed E-state index contributed by atoms with van der Waals surface area (Å²) in [5.41, 5.74) is 5.47. The van der Waals surface area contributed by atoms with Gasteiger partial charge in [0.15, 0.2) is 0 Å². The quantitative estimate of drug-likeness (QED) is 0.679. The van der Waals surface area contributed by atoms with Crippen LogP contribution >= 0.6 is 0 Å². The van der Waals surface area contributed by atoms with Crippen LogP contribution in [-0.2, 0) is 9.53 Å². The zero-order valence-electron chi connectivity index (χ0n) is 8.87.